The van der Waals surface area contributed by atoms with E-state index in [1.807, 2.05) is 0 Å². The van der Waals surface area contributed by atoms with Crippen LogP contribution < -0.4 is 0 Å². The molecule has 0 saturated carbocycles. The molecule has 0 bridgehead atoms. The molecule has 0 aliphatic heterocycles. The van der Waals surface area contributed by atoms with Crippen LogP contribution in [0.3, 0.4) is 0 Å². The lowest BCUT2D eigenvalue weighted by Gasteiger charge is -2.28. The van der Waals surface area contributed by atoms with Gasteiger partial charge < -0.3 is 4.98 Å². The molecular weight excluding hydrogens is 305 g/mol. The van der Waals surface area contributed by atoms with Gasteiger partial charge in [0.05, 0.1) is 0 Å². The Morgan fingerprint density at radius 1 is 0.857 bits per heavy atom. The lowest BCUT2D eigenvalue weighted by molar-refractivity contribution is -0.359. The van der Waals surface area contributed by atoms with Gasteiger partial charge in [-0.25, -0.2) is 4.98 Å². The van der Waals surface area contributed by atoms with Crippen molar-refractivity contribution in [3.05, 3.63) is 42.2 Å². The predicted octanol–water partition coefficient (Wildman–Crippen LogP) is 4.37. The highest BCUT2D eigenvalue weighted by atomic mass is 19.4. The third kappa shape index (κ3) is 2.47. The second-order valence-corrected chi connectivity index (χ2v) is 4.16. The van der Waals surface area contributed by atoms with Crippen LogP contribution in [-0.4, -0.2) is 22.1 Å². The fourth-order valence-electron chi connectivity index (χ4n) is 1.62. The average Bonchev–Trinajstić information content (AvgIpc) is 2.91. The van der Waals surface area contributed by atoms with E-state index in [4.69, 9.17) is 0 Å². The molecule has 2 nitrogen and oxygen atoms in total. The molecule has 1 aromatic heterocycles. The predicted molar refractivity (Wildman–Crippen MR) is 58.9 cm³/mol. The number of aromatic nitrogens is 2. The number of nitrogens with zero attached hydrogens (tertiary/aromatic N) is 1. The largest absolute Gasteiger partial charge is 0.460 e. The number of halogens is 7. The van der Waals surface area contributed by atoms with Gasteiger partial charge >= 0.3 is 18.0 Å². The van der Waals surface area contributed by atoms with E-state index in [2.05, 4.69) is 9.97 Å². The first-order chi connectivity index (χ1) is 9.57. The molecule has 21 heavy (non-hydrogen) atoms. The monoisotopic (exact) mass is 312 g/mol. The van der Waals surface area contributed by atoms with Crippen molar-refractivity contribution in [2.75, 3.05) is 0 Å². The normalized spacial score (nSPS) is 13.5. The highest BCUT2D eigenvalue weighted by Crippen LogP contribution is 2.51. The number of H-pyrrole nitrogens is 1. The van der Waals surface area contributed by atoms with Gasteiger partial charge in [-0.1, -0.05) is 24.3 Å². The second kappa shape index (κ2) is 4.74. The van der Waals surface area contributed by atoms with Gasteiger partial charge in [0.25, 0.3) is 0 Å². The molecule has 1 heterocycles. The summed E-state index contributed by atoms with van der Waals surface area (Å²) in [5.41, 5.74) is -1.16. The zero-order valence-corrected chi connectivity index (χ0v) is 10.1. The fraction of sp³-hybridized carbons (Fsp3) is 0.250. The number of rotatable bonds is 3. The van der Waals surface area contributed by atoms with Crippen LogP contribution in [0.25, 0.3) is 11.4 Å². The first kappa shape index (κ1) is 15.3. The van der Waals surface area contributed by atoms with Gasteiger partial charge in [0, 0.05) is 23.5 Å². The van der Waals surface area contributed by atoms with Crippen molar-refractivity contribution in [1.29, 1.82) is 0 Å². The Hall–Kier alpha value is -2.06. The lowest BCUT2D eigenvalue weighted by Crippen LogP contribution is -2.49. The van der Waals surface area contributed by atoms with Crippen LogP contribution in [0.15, 0.2) is 36.7 Å². The summed E-state index contributed by atoms with van der Waals surface area (Å²) in [5, 5.41) is 0. The minimum Gasteiger partial charge on any atom is -0.345 e. The first-order valence-electron chi connectivity index (χ1n) is 5.50. The zero-order valence-electron chi connectivity index (χ0n) is 10.1. The molecule has 1 aromatic carbocycles. The molecule has 0 saturated heterocycles. The first-order valence-corrected chi connectivity index (χ1v) is 5.50. The molecule has 0 atom stereocenters. The molecule has 1 N–H and O–H groups in total. The SMILES string of the molecule is FC(F)(F)C(F)(F)C(F)(F)c1ccc(-c2ncc[nH]2)cc1. The lowest BCUT2D eigenvalue weighted by atomic mass is 10.0. The molecule has 0 fully saturated rings. The number of alkyl halides is 7. The van der Waals surface area contributed by atoms with E-state index in [-0.39, 0.29) is 11.4 Å². The summed E-state index contributed by atoms with van der Waals surface area (Å²) in [6, 6.07) is 2.98. The van der Waals surface area contributed by atoms with Gasteiger partial charge in [0.1, 0.15) is 5.82 Å². The van der Waals surface area contributed by atoms with Gasteiger partial charge in [0.15, 0.2) is 0 Å². The average molecular weight is 312 g/mol. The maximum Gasteiger partial charge on any atom is 0.460 e. The summed E-state index contributed by atoms with van der Waals surface area (Å²) >= 11 is 0. The minimum absolute atomic E-state index is 0.271. The molecule has 0 radical (unpaired) electrons. The Morgan fingerprint density at radius 3 is 1.86 bits per heavy atom. The molecule has 114 valence electrons. The quantitative estimate of drug-likeness (QED) is 0.838. The van der Waals surface area contributed by atoms with Crippen LogP contribution >= 0.6 is 0 Å². The molecule has 0 aliphatic carbocycles. The van der Waals surface area contributed by atoms with Crippen molar-refractivity contribution < 1.29 is 30.7 Å². The van der Waals surface area contributed by atoms with Gasteiger partial charge in [-0.15, -0.1) is 0 Å². The molecular formula is C12H7F7N2. The van der Waals surface area contributed by atoms with Crippen LogP contribution in [0.2, 0.25) is 0 Å². The number of imidazole rings is 1. The topological polar surface area (TPSA) is 28.7 Å². The Bertz CT molecular complexity index is 600. The third-order valence-electron chi connectivity index (χ3n) is 2.77. The van der Waals surface area contributed by atoms with Gasteiger partial charge in [-0.05, 0) is 0 Å². The third-order valence-corrected chi connectivity index (χ3v) is 2.77. The van der Waals surface area contributed by atoms with E-state index >= 15 is 0 Å². The number of hydrogen-bond acceptors (Lipinski definition) is 1. The number of benzene rings is 1. The van der Waals surface area contributed by atoms with Crippen LogP contribution in [0.4, 0.5) is 30.7 Å². The highest BCUT2D eigenvalue weighted by molar-refractivity contribution is 5.55. The van der Waals surface area contributed by atoms with Crippen molar-refractivity contribution in [3.8, 4) is 11.4 Å². The van der Waals surface area contributed by atoms with Crippen molar-refractivity contribution in [1.82, 2.24) is 9.97 Å². The summed E-state index contributed by atoms with van der Waals surface area (Å²) in [6.45, 7) is 0. The smallest absolute Gasteiger partial charge is 0.345 e. The molecule has 2 aromatic rings. The molecule has 0 spiro atoms. The van der Waals surface area contributed by atoms with Crippen molar-refractivity contribution in [2.24, 2.45) is 0 Å². The van der Waals surface area contributed by atoms with E-state index < -0.39 is 23.6 Å². The summed E-state index contributed by atoms with van der Waals surface area (Å²) < 4.78 is 88.8. The zero-order chi connectivity index (χ0) is 15.9. The number of hydrogen-bond donors (Lipinski definition) is 1. The Labute approximate surface area is 113 Å². The molecule has 0 unspecified atom stereocenters. The van der Waals surface area contributed by atoms with Crippen LogP contribution in [0, 0.1) is 0 Å². The summed E-state index contributed by atoms with van der Waals surface area (Å²) in [7, 11) is 0. The maximum atomic E-state index is 13.4. The van der Waals surface area contributed by atoms with Crippen LogP contribution in [-0.2, 0) is 5.92 Å². The number of nitrogens with one attached hydrogen (secondary N) is 1. The maximum absolute atomic E-state index is 13.4. The standard InChI is InChI=1S/C12H7F7N2/c13-10(14,11(15,16)12(17,18)19)8-3-1-7(2-4-8)9-20-5-6-21-9/h1-6H,(H,20,21). The van der Waals surface area contributed by atoms with E-state index in [1.54, 1.807) is 0 Å². The van der Waals surface area contributed by atoms with E-state index in [1.165, 1.54) is 12.4 Å². The summed E-state index contributed by atoms with van der Waals surface area (Å²) in [5.74, 6) is -11.3. The summed E-state index contributed by atoms with van der Waals surface area (Å²) in [4.78, 5) is 6.43. The molecule has 0 amide bonds. The Morgan fingerprint density at radius 2 is 1.43 bits per heavy atom. The Kier molecular flexibility index (Phi) is 3.46. The summed E-state index contributed by atoms with van der Waals surface area (Å²) in [6.07, 6.45) is -3.54. The van der Waals surface area contributed by atoms with Crippen molar-refractivity contribution in [2.45, 2.75) is 18.0 Å². The number of aromatic amines is 1. The minimum atomic E-state index is -6.35. The van der Waals surface area contributed by atoms with Gasteiger partial charge in [0.2, 0.25) is 0 Å². The van der Waals surface area contributed by atoms with E-state index in [0.29, 0.717) is 12.1 Å². The Balaban J connectivity index is 2.38. The van der Waals surface area contributed by atoms with Gasteiger partial charge in [-0.2, -0.15) is 30.7 Å². The molecule has 9 heteroatoms. The van der Waals surface area contributed by atoms with Crippen molar-refractivity contribution >= 4 is 0 Å². The second-order valence-electron chi connectivity index (χ2n) is 4.16. The molecule has 2 rings (SSSR count). The van der Waals surface area contributed by atoms with Crippen molar-refractivity contribution in [3.63, 3.8) is 0 Å². The van der Waals surface area contributed by atoms with Crippen LogP contribution in [0.5, 0.6) is 0 Å². The highest BCUT2D eigenvalue weighted by Gasteiger charge is 2.73. The van der Waals surface area contributed by atoms with Crippen LogP contribution in [0.1, 0.15) is 5.56 Å². The van der Waals surface area contributed by atoms with E-state index in [9.17, 15) is 30.7 Å². The molecule has 0 aliphatic rings. The van der Waals surface area contributed by atoms with Gasteiger partial charge in [-0.3, -0.25) is 0 Å². The fourth-order valence-corrected chi connectivity index (χ4v) is 1.62. The van der Waals surface area contributed by atoms with E-state index in [0.717, 1.165) is 12.1 Å².